The van der Waals surface area contributed by atoms with Crippen molar-refractivity contribution >= 4 is 29.6 Å². The van der Waals surface area contributed by atoms with Crippen molar-refractivity contribution in [3.8, 4) is 11.1 Å². The normalized spacial score (nSPS) is 13.1. The maximum Gasteiger partial charge on any atom is 0.257 e. The summed E-state index contributed by atoms with van der Waals surface area (Å²) in [5, 5.41) is 18.2. The zero-order chi connectivity index (χ0) is 36.5. The van der Waals surface area contributed by atoms with Gasteiger partial charge in [-0.2, -0.15) is 4.28 Å². The molecule has 0 aliphatic carbocycles. The van der Waals surface area contributed by atoms with Crippen LogP contribution in [-0.2, 0) is 39.8 Å². The summed E-state index contributed by atoms with van der Waals surface area (Å²) < 4.78 is 20.2. The predicted octanol–water partition coefficient (Wildman–Crippen LogP) is 5.55. The Labute approximate surface area is 303 Å². The molecule has 1 saturated heterocycles. The van der Waals surface area contributed by atoms with Crippen LogP contribution in [0.4, 0.5) is 11.5 Å². The third-order valence-electron chi connectivity index (χ3n) is 9.13. The number of aromatic nitrogens is 3. The third-order valence-corrected chi connectivity index (χ3v) is 9.76. The Balaban J connectivity index is 1.44. The van der Waals surface area contributed by atoms with Gasteiger partial charge in [-0.25, -0.2) is 4.98 Å². The van der Waals surface area contributed by atoms with Gasteiger partial charge >= 0.3 is 0 Å². The van der Waals surface area contributed by atoms with Crippen LogP contribution in [0.15, 0.2) is 51.8 Å². The van der Waals surface area contributed by atoms with Gasteiger partial charge in [0.1, 0.15) is 23.8 Å². The lowest BCUT2D eigenvalue weighted by atomic mass is 9.96. The molecule has 0 saturated carbocycles. The second kappa shape index (κ2) is 17.8. The molecule has 2 aromatic heterocycles. The number of benzene rings is 2. The first kappa shape index (κ1) is 38.0. The number of anilines is 2. The van der Waals surface area contributed by atoms with E-state index in [0.717, 1.165) is 71.9 Å². The van der Waals surface area contributed by atoms with Crippen molar-refractivity contribution < 1.29 is 23.5 Å². The number of hydrogen-bond donors (Lipinski definition) is 2. The van der Waals surface area contributed by atoms with Crippen molar-refractivity contribution in [3.63, 3.8) is 0 Å². The summed E-state index contributed by atoms with van der Waals surface area (Å²) in [5.74, 6) is 1.45. The van der Waals surface area contributed by atoms with Crippen molar-refractivity contribution in [2.45, 2.75) is 73.5 Å². The monoisotopic (exact) mass is 719 g/mol. The first-order chi connectivity index (χ1) is 24.6. The number of aryl methyl sites for hydroxylation is 3. The van der Waals surface area contributed by atoms with Crippen LogP contribution in [0.3, 0.4) is 0 Å². The van der Waals surface area contributed by atoms with Gasteiger partial charge < -0.3 is 19.5 Å². The number of amides is 1. The van der Waals surface area contributed by atoms with E-state index in [9.17, 15) is 14.8 Å². The lowest BCUT2D eigenvalue weighted by Crippen LogP contribution is -2.47. The smallest absolute Gasteiger partial charge is 0.257 e. The zero-order valence-corrected chi connectivity index (χ0v) is 31.2. The Morgan fingerprint density at radius 2 is 1.86 bits per heavy atom. The highest BCUT2D eigenvalue weighted by Crippen LogP contribution is 2.37. The first-order valence-electron chi connectivity index (χ1n) is 17.5. The fraction of sp³-hybridized carbons (Fsp3) is 0.459. The van der Waals surface area contributed by atoms with E-state index in [1.54, 1.807) is 22.7 Å². The number of piperazine rings is 1. The highest BCUT2D eigenvalue weighted by molar-refractivity contribution is 7.96. The molecular formula is C37H49N7O6S. The van der Waals surface area contributed by atoms with Crippen LogP contribution in [0.5, 0.6) is 0 Å². The molecule has 1 aliphatic rings. The molecule has 0 atom stereocenters. The molecule has 3 heterocycles. The van der Waals surface area contributed by atoms with Crippen LogP contribution in [0.1, 0.15) is 66.2 Å². The summed E-state index contributed by atoms with van der Waals surface area (Å²) in [6, 6.07) is 14.1. The Kier molecular flexibility index (Phi) is 13.3. The molecule has 5 rings (SSSR count). The molecule has 1 aliphatic heterocycles. The van der Waals surface area contributed by atoms with E-state index in [2.05, 4.69) is 29.5 Å². The van der Waals surface area contributed by atoms with Gasteiger partial charge in [-0.3, -0.25) is 23.7 Å². The van der Waals surface area contributed by atoms with Crippen LogP contribution < -0.4 is 20.4 Å². The number of carbonyl (C=O) groups excluding carboxylic acids is 1. The van der Waals surface area contributed by atoms with E-state index in [1.165, 1.54) is 0 Å². The summed E-state index contributed by atoms with van der Waals surface area (Å²) >= 11 is 0.934. The largest absolute Gasteiger partial charge is 0.377 e. The summed E-state index contributed by atoms with van der Waals surface area (Å²) in [6.07, 6.45) is 2.58. The van der Waals surface area contributed by atoms with Crippen molar-refractivity contribution in [2.75, 3.05) is 49.4 Å². The lowest BCUT2D eigenvalue weighted by Gasteiger charge is -2.27. The van der Waals surface area contributed by atoms with Gasteiger partial charge in [0, 0.05) is 68.6 Å². The minimum absolute atomic E-state index is 0.0398. The molecule has 0 radical (unpaired) electrons. The molecule has 1 fully saturated rings. The fourth-order valence-electron chi connectivity index (χ4n) is 6.07. The molecule has 14 heteroatoms. The molecule has 2 aromatic carbocycles. The van der Waals surface area contributed by atoms with Crippen LogP contribution in [0.2, 0.25) is 0 Å². The molecule has 1 amide bonds. The number of carbonyl (C=O) groups is 1. The van der Waals surface area contributed by atoms with E-state index in [-0.39, 0.29) is 23.7 Å². The fourth-order valence-corrected chi connectivity index (χ4v) is 6.54. The number of para-hydroxylation sites is 1. The molecule has 0 spiro atoms. The van der Waals surface area contributed by atoms with E-state index in [4.69, 9.17) is 18.5 Å². The third kappa shape index (κ3) is 9.18. The molecular weight excluding hydrogens is 671 g/mol. The number of rotatable bonds is 16. The van der Waals surface area contributed by atoms with E-state index >= 15 is 0 Å². The minimum atomic E-state index is -0.162. The molecule has 51 heavy (non-hydrogen) atoms. The predicted molar refractivity (Wildman–Crippen MR) is 199 cm³/mol. The van der Waals surface area contributed by atoms with Crippen molar-refractivity contribution in [1.82, 2.24) is 24.9 Å². The van der Waals surface area contributed by atoms with Gasteiger partial charge in [0.05, 0.1) is 25.3 Å². The van der Waals surface area contributed by atoms with Crippen LogP contribution >= 0.6 is 12.2 Å². The molecule has 274 valence electrons. The summed E-state index contributed by atoms with van der Waals surface area (Å²) in [4.78, 5) is 34.1. The number of nitrogens with one attached hydrogen (secondary N) is 1. The molecule has 4 aromatic rings. The Morgan fingerprint density at radius 1 is 1.10 bits per heavy atom. The van der Waals surface area contributed by atoms with Crippen LogP contribution in [0.25, 0.3) is 11.1 Å². The number of unbranched alkanes of at least 4 members (excludes halogenated alkanes) is 1. The van der Waals surface area contributed by atoms with Gasteiger partial charge in [0.15, 0.2) is 0 Å². The van der Waals surface area contributed by atoms with E-state index in [1.807, 2.05) is 56.1 Å². The number of nitrogens with zero attached hydrogens (tertiary/aromatic N) is 6. The van der Waals surface area contributed by atoms with Crippen LogP contribution in [-0.4, -0.2) is 70.6 Å². The van der Waals surface area contributed by atoms with Gasteiger partial charge in [-0.05, 0) is 56.9 Å². The molecule has 13 nitrogen and oxygen atoms in total. The summed E-state index contributed by atoms with van der Waals surface area (Å²) in [5.41, 5.74) is 6.20. The number of ether oxygens (including phenoxy) is 1. The van der Waals surface area contributed by atoms with Crippen LogP contribution in [0, 0.1) is 20.8 Å². The zero-order valence-electron chi connectivity index (χ0n) is 30.4. The van der Waals surface area contributed by atoms with E-state index in [0.29, 0.717) is 67.1 Å². The van der Waals surface area contributed by atoms with Gasteiger partial charge in [-0.1, -0.05) is 60.1 Å². The highest BCUT2D eigenvalue weighted by Gasteiger charge is 2.23. The second-order valence-corrected chi connectivity index (χ2v) is 13.5. The lowest BCUT2D eigenvalue weighted by molar-refractivity contribution is -0.131. The standard InChI is InChI=1S/C37H49N7O6S/c1-7-9-14-34-39-26(4)32(22-35(45)42-19-17-38-18-20-42)37(46)43(34)23-28-15-16-30(29(21-28)24-48-8-2)31-12-10-11-13-33(31)41(6)51-50-44(47)36-25(3)27(5)49-40-36/h10-13,15-16,21,38,47H,7-9,14,17-20,22-24H2,1-6H3. The van der Waals surface area contributed by atoms with Gasteiger partial charge in [0.25, 0.3) is 5.56 Å². The quantitative estimate of drug-likeness (QED) is 0.0853. The van der Waals surface area contributed by atoms with E-state index < -0.39 is 0 Å². The van der Waals surface area contributed by atoms with Crippen molar-refractivity contribution in [3.05, 3.63) is 92.4 Å². The van der Waals surface area contributed by atoms with Gasteiger partial charge in [-0.15, -0.1) is 0 Å². The van der Waals surface area contributed by atoms with Crippen molar-refractivity contribution in [1.29, 1.82) is 0 Å². The maximum absolute atomic E-state index is 14.1. The summed E-state index contributed by atoms with van der Waals surface area (Å²) in [7, 11) is 1.84. The molecule has 0 unspecified atom stereocenters. The Bertz CT molecular complexity index is 1860. The Morgan fingerprint density at radius 3 is 2.57 bits per heavy atom. The molecule has 0 bridgehead atoms. The van der Waals surface area contributed by atoms with Crippen molar-refractivity contribution in [2.24, 2.45) is 0 Å². The highest BCUT2D eigenvalue weighted by atomic mass is 32.2. The topological polar surface area (TPSA) is 138 Å². The SMILES string of the molecule is CCCCc1nc(C)c(CC(=O)N2CCNCC2)c(=O)n1Cc1ccc(-c2ccccc2N(C)SON(O)c2noc(C)c2C)c(COCC)c1. The second-order valence-electron chi connectivity index (χ2n) is 12.6. The average Bonchev–Trinajstić information content (AvgIpc) is 3.49. The van der Waals surface area contributed by atoms with Gasteiger partial charge in [0.2, 0.25) is 11.7 Å². The maximum atomic E-state index is 14.1. The average molecular weight is 720 g/mol. The first-order valence-corrected chi connectivity index (χ1v) is 18.2. The number of hydrogen-bond acceptors (Lipinski definition) is 12. The summed E-state index contributed by atoms with van der Waals surface area (Å²) in [6.45, 7) is 13.4. The Hall–Kier alpha value is -4.21. The minimum Gasteiger partial charge on any atom is -0.377 e. The molecule has 2 N–H and O–H groups in total.